The van der Waals surface area contributed by atoms with Crippen molar-refractivity contribution in [2.24, 2.45) is 0 Å². The van der Waals surface area contributed by atoms with Gasteiger partial charge in [-0.05, 0) is 19.3 Å². The molecule has 0 bridgehead atoms. The highest BCUT2D eigenvalue weighted by Crippen LogP contribution is 2.07. The number of rotatable bonds is 14. The highest BCUT2D eigenvalue weighted by Gasteiger charge is 2.11. The lowest BCUT2D eigenvalue weighted by Gasteiger charge is -2.13. The number of unbranched alkanes of at least 4 members (excludes halogenated alkanes) is 2. The van der Waals surface area contributed by atoms with Crippen LogP contribution >= 0.6 is 0 Å². The molecule has 142 valence electrons. The maximum Gasteiger partial charge on any atom is 0.303 e. The van der Waals surface area contributed by atoms with Gasteiger partial charge in [0.15, 0.2) is 0 Å². The first kappa shape index (κ1) is 23.3. The number of carboxylic acids is 1. The van der Waals surface area contributed by atoms with Crippen LogP contribution in [0.5, 0.6) is 0 Å². The van der Waals surface area contributed by atoms with Crippen molar-refractivity contribution in [3.05, 3.63) is 48.6 Å². The van der Waals surface area contributed by atoms with E-state index in [9.17, 15) is 20.1 Å². The topological polar surface area (TPSA) is 98.0 Å². The van der Waals surface area contributed by atoms with Gasteiger partial charge in [-0.1, -0.05) is 74.8 Å². The second-order valence-electron chi connectivity index (χ2n) is 5.95. The Bertz CT molecular complexity index is 451. The van der Waals surface area contributed by atoms with E-state index in [0.29, 0.717) is 19.3 Å². The zero-order valence-electron chi connectivity index (χ0n) is 15.0. The number of aliphatic carboxylic acids is 1. The molecule has 0 amide bonds. The first-order chi connectivity index (χ1) is 12.0. The molecule has 3 atom stereocenters. The maximum atomic E-state index is 10.4. The molecule has 0 fully saturated rings. The van der Waals surface area contributed by atoms with Crippen LogP contribution in [-0.2, 0) is 4.79 Å². The molecule has 0 saturated heterocycles. The molecule has 0 aliphatic heterocycles. The summed E-state index contributed by atoms with van der Waals surface area (Å²) >= 11 is 0. The van der Waals surface area contributed by atoms with E-state index in [4.69, 9.17) is 5.11 Å². The van der Waals surface area contributed by atoms with Crippen molar-refractivity contribution in [2.45, 2.75) is 70.2 Å². The highest BCUT2D eigenvalue weighted by atomic mass is 16.4. The zero-order chi connectivity index (χ0) is 18.9. The van der Waals surface area contributed by atoms with Crippen LogP contribution in [0.3, 0.4) is 0 Å². The Labute approximate surface area is 150 Å². The number of hydrogen-bond acceptors (Lipinski definition) is 4. The molecular formula is C20H32O5. The molecule has 25 heavy (non-hydrogen) atoms. The number of aliphatic hydroxyl groups excluding tert-OH is 3. The molecule has 5 heteroatoms. The predicted molar refractivity (Wildman–Crippen MR) is 100 cm³/mol. The summed E-state index contributed by atoms with van der Waals surface area (Å²) < 4.78 is 0. The lowest BCUT2D eigenvalue weighted by atomic mass is 10.1. The minimum Gasteiger partial charge on any atom is -0.481 e. The van der Waals surface area contributed by atoms with E-state index in [2.05, 4.69) is 6.92 Å². The Kier molecular flexibility index (Phi) is 14.7. The van der Waals surface area contributed by atoms with Gasteiger partial charge in [0.1, 0.15) is 0 Å². The van der Waals surface area contributed by atoms with E-state index in [1.165, 1.54) is 0 Å². The Hall–Kier alpha value is -1.69. The van der Waals surface area contributed by atoms with Gasteiger partial charge >= 0.3 is 5.97 Å². The molecule has 0 rings (SSSR count). The van der Waals surface area contributed by atoms with Gasteiger partial charge in [-0.25, -0.2) is 0 Å². The average molecular weight is 352 g/mol. The monoisotopic (exact) mass is 352 g/mol. The average Bonchev–Trinajstić information content (AvgIpc) is 2.56. The van der Waals surface area contributed by atoms with Crippen molar-refractivity contribution in [3.63, 3.8) is 0 Å². The van der Waals surface area contributed by atoms with Gasteiger partial charge < -0.3 is 20.4 Å². The quantitative estimate of drug-likeness (QED) is 0.284. The summed E-state index contributed by atoms with van der Waals surface area (Å²) in [4.78, 5) is 10.4. The smallest absolute Gasteiger partial charge is 0.303 e. The molecule has 0 heterocycles. The van der Waals surface area contributed by atoms with Gasteiger partial charge in [0.25, 0.3) is 0 Å². The first-order valence-electron chi connectivity index (χ1n) is 8.91. The minimum absolute atomic E-state index is 0.0644. The van der Waals surface area contributed by atoms with Crippen molar-refractivity contribution in [2.75, 3.05) is 0 Å². The third-order valence-corrected chi connectivity index (χ3v) is 3.59. The van der Waals surface area contributed by atoms with E-state index in [0.717, 1.165) is 19.3 Å². The van der Waals surface area contributed by atoms with Crippen LogP contribution < -0.4 is 0 Å². The van der Waals surface area contributed by atoms with E-state index in [1.54, 1.807) is 48.6 Å². The molecule has 0 aromatic carbocycles. The van der Waals surface area contributed by atoms with Crippen LogP contribution in [0.2, 0.25) is 0 Å². The summed E-state index contributed by atoms with van der Waals surface area (Å²) in [5.74, 6) is -0.854. The molecule has 0 unspecified atom stereocenters. The molecule has 0 spiro atoms. The van der Waals surface area contributed by atoms with Gasteiger partial charge in [0.2, 0.25) is 0 Å². The summed E-state index contributed by atoms with van der Waals surface area (Å²) in [5, 5.41) is 37.6. The van der Waals surface area contributed by atoms with Crippen molar-refractivity contribution < 1.29 is 25.2 Å². The highest BCUT2D eigenvalue weighted by molar-refractivity contribution is 5.66. The SMILES string of the molecule is CCCCC[C@H](O)[C@H](O)C=CC=CC=C/C=C/[C@@H](O)CCCC(=O)O. The number of aliphatic hydroxyl groups is 3. The van der Waals surface area contributed by atoms with Crippen LogP contribution in [-0.4, -0.2) is 44.7 Å². The molecule has 0 radical (unpaired) electrons. The van der Waals surface area contributed by atoms with E-state index in [-0.39, 0.29) is 6.42 Å². The lowest BCUT2D eigenvalue weighted by Crippen LogP contribution is -2.23. The molecule has 4 N–H and O–H groups in total. The molecular weight excluding hydrogens is 320 g/mol. The Morgan fingerprint density at radius 2 is 1.44 bits per heavy atom. The number of allylic oxidation sites excluding steroid dienone is 6. The van der Waals surface area contributed by atoms with E-state index < -0.39 is 24.3 Å². The Morgan fingerprint density at radius 3 is 2.04 bits per heavy atom. The number of carboxylic acid groups (broad SMARTS) is 1. The van der Waals surface area contributed by atoms with Crippen LogP contribution in [0.15, 0.2) is 48.6 Å². The molecule has 0 aromatic heterocycles. The largest absolute Gasteiger partial charge is 0.481 e. The maximum absolute atomic E-state index is 10.4. The Balaban J connectivity index is 3.96. The fraction of sp³-hybridized carbons (Fsp3) is 0.550. The second-order valence-corrected chi connectivity index (χ2v) is 5.95. The summed E-state index contributed by atoms with van der Waals surface area (Å²) in [6.45, 7) is 2.09. The number of hydrogen-bond donors (Lipinski definition) is 4. The van der Waals surface area contributed by atoms with Crippen molar-refractivity contribution in [3.8, 4) is 0 Å². The normalized spacial score (nSPS) is 16.3. The summed E-state index contributed by atoms with van der Waals surface area (Å²) in [7, 11) is 0. The predicted octanol–water partition coefficient (Wildman–Crippen LogP) is 3.13. The summed E-state index contributed by atoms with van der Waals surface area (Å²) in [5.41, 5.74) is 0. The van der Waals surface area contributed by atoms with Gasteiger partial charge in [-0.3, -0.25) is 4.79 Å². The summed E-state index contributed by atoms with van der Waals surface area (Å²) in [6, 6.07) is 0. The Morgan fingerprint density at radius 1 is 0.840 bits per heavy atom. The molecule has 5 nitrogen and oxygen atoms in total. The van der Waals surface area contributed by atoms with Gasteiger partial charge in [0, 0.05) is 6.42 Å². The minimum atomic E-state index is -0.855. The first-order valence-corrected chi connectivity index (χ1v) is 8.91. The second kappa shape index (κ2) is 15.8. The van der Waals surface area contributed by atoms with Crippen molar-refractivity contribution >= 4 is 5.97 Å². The third kappa shape index (κ3) is 15.6. The summed E-state index contributed by atoms with van der Waals surface area (Å²) in [6.07, 6.45) is 16.0. The van der Waals surface area contributed by atoms with Crippen LogP contribution in [0, 0.1) is 0 Å². The van der Waals surface area contributed by atoms with Gasteiger partial charge in [-0.15, -0.1) is 0 Å². The van der Waals surface area contributed by atoms with Gasteiger partial charge in [0.05, 0.1) is 18.3 Å². The standard InChI is InChI=1S/C20H32O5/c1-2-3-8-14-18(22)19(23)15-10-7-5-4-6-9-12-17(21)13-11-16-20(24)25/h4-7,9-10,12,15,17-19,21-23H,2-3,8,11,13-14,16H2,1H3,(H,24,25)/b6-4?,7-5?,12-9+,15-10?/t17-,18+,19-/m1/s1. The number of carbonyl (C=O) groups is 1. The fourth-order valence-electron chi connectivity index (χ4n) is 2.09. The van der Waals surface area contributed by atoms with Crippen molar-refractivity contribution in [1.29, 1.82) is 0 Å². The van der Waals surface area contributed by atoms with Crippen LogP contribution in [0.4, 0.5) is 0 Å². The third-order valence-electron chi connectivity index (χ3n) is 3.59. The molecule has 0 aromatic rings. The molecule has 0 aliphatic rings. The molecule has 0 saturated carbocycles. The van der Waals surface area contributed by atoms with Gasteiger partial charge in [-0.2, -0.15) is 0 Å². The zero-order valence-corrected chi connectivity index (χ0v) is 15.0. The lowest BCUT2D eigenvalue weighted by molar-refractivity contribution is -0.137. The van der Waals surface area contributed by atoms with Crippen molar-refractivity contribution in [1.82, 2.24) is 0 Å². The van der Waals surface area contributed by atoms with Crippen LogP contribution in [0.25, 0.3) is 0 Å². The van der Waals surface area contributed by atoms with Crippen LogP contribution in [0.1, 0.15) is 51.9 Å². The van der Waals surface area contributed by atoms with E-state index in [1.807, 2.05) is 0 Å². The fourth-order valence-corrected chi connectivity index (χ4v) is 2.09. The van der Waals surface area contributed by atoms with E-state index >= 15 is 0 Å². The molecule has 0 aliphatic carbocycles.